The van der Waals surface area contributed by atoms with Crippen LogP contribution in [0.3, 0.4) is 0 Å². The third kappa shape index (κ3) is 7.23. The third-order valence-corrected chi connectivity index (χ3v) is 3.85. The van der Waals surface area contributed by atoms with Gasteiger partial charge in [0, 0.05) is 36.0 Å². The van der Waals surface area contributed by atoms with Crippen LogP contribution in [0.4, 0.5) is 16.2 Å². The smallest absolute Gasteiger partial charge is 0.319 e. The SMILES string of the molecule is CC(C)NC(=O)Nc1ccc(CNC(=O)CNC(=O)c2cccc([N+](=O)[O-])c2)cc1. The number of urea groups is 1. The summed E-state index contributed by atoms with van der Waals surface area (Å²) in [4.78, 5) is 45.8. The van der Waals surface area contributed by atoms with Crippen molar-refractivity contribution >= 4 is 29.2 Å². The van der Waals surface area contributed by atoms with Gasteiger partial charge in [-0.25, -0.2) is 4.79 Å². The molecule has 0 heterocycles. The van der Waals surface area contributed by atoms with Crippen molar-refractivity contribution in [3.8, 4) is 0 Å². The summed E-state index contributed by atoms with van der Waals surface area (Å²) < 4.78 is 0. The number of amides is 4. The van der Waals surface area contributed by atoms with E-state index in [4.69, 9.17) is 0 Å². The van der Waals surface area contributed by atoms with Crippen LogP contribution in [0, 0.1) is 10.1 Å². The lowest BCUT2D eigenvalue weighted by Gasteiger charge is -2.11. The van der Waals surface area contributed by atoms with E-state index >= 15 is 0 Å². The zero-order valence-corrected chi connectivity index (χ0v) is 16.6. The van der Waals surface area contributed by atoms with Crippen molar-refractivity contribution < 1.29 is 19.3 Å². The molecule has 30 heavy (non-hydrogen) atoms. The summed E-state index contributed by atoms with van der Waals surface area (Å²) in [6.45, 7) is 3.69. The second-order valence-corrected chi connectivity index (χ2v) is 6.72. The average Bonchev–Trinajstić information content (AvgIpc) is 2.71. The first-order chi connectivity index (χ1) is 14.2. The Balaban J connectivity index is 1.78. The third-order valence-electron chi connectivity index (χ3n) is 3.85. The van der Waals surface area contributed by atoms with Crippen molar-refractivity contribution in [2.24, 2.45) is 0 Å². The highest BCUT2D eigenvalue weighted by Crippen LogP contribution is 2.13. The summed E-state index contributed by atoms with van der Waals surface area (Å²) in [7, 11) is 0. The summed E-state index contributed by atoms with van der Waals surface area (Å²) in [5.74, 6) is -0.990. The summed E-state index contributed by atoms with van der Waals surface area (Å²) in [5.41, 5.74) is 1.32. The molecule has 0 unspecified atom stereocenters. The van der Waals surface area contributed by atoms with Gasteiger partial charge in [0.15, 0.2) is 0 Å². The predicted molar refractivity (Wildman–Crippen MR) is 111 cm³/mol. The van der Waals surface area contributed by atoms with Crippen molar-refractivity contribution in [2.45, 2.75) is 26.4 Å². The maximum atomic E-state index is 12.0. The lowest BCUT2D eigenvalue weighted by atomic mass is 10.2. The maximum absolute atomic E-state index is 12.0. The van der Waals surface area contributed by atoms with Crippen LogP contribution in [0.25, 0.3) is 0 Å². The molecule has 0 atom stereocenters. The van der Waals surface area contributed by atoms with Crippen LogP contribution in [0.2, 0.25) is 0 Å². The number of nitro groups is 1. The molecule has 10 nitrogen and oxygen atoms in total. The molecule has 2 rings (SSSR count). The van der Waals surface area contributed by atoms with Crippen LogP contribution in [0.5, 0.6) is 0 Å². The molecule has 2 aromatic rings. The van der Waals surface area contributed by atoms with E-state index < -0.39 is 16.7 Å². The fourth-order valence-electron chi connectivity index (χ4n) is 2.42. The largest absolute Gasteiger partial charge is 0.350 e. The molecule has 0 spiro atoms. The fourth-order valence-corrected chi connectivity index (χ4v) is 2.42. The highest BCUT2D eigenvalue weighted by molar-refractivity contribution is 5.97. The Kier molecular flexibility index (Phi) is 7.86. The summed E-state index contributed by atoms with van der Waals surface area (Å²) >= 11 is 0. The Morgan fingerprint density at radius 1 is 1.03 bits per heavy atom. The standard InChI is InChI=1S/C20H23N5O5/c1-13(2)23-20(28)24-16-8-6-14(7-9-16)11-21-18(26)12-22-19(27)15-4-3-5-17(10-15)25(29)30/h3-10,13H,11-12H2,1-2H3,(H,21,26)(H,22,27)(H2,23,24,28). The van der Waals surface area contributed by atoms with Crippen LogP contribution in [-0.2, 0) is 11.3 Å². The summed E-state index contributed by atoms with van der Waals surface area (Å²) in [6.07, 6.45) is 0. The zero-order chi connectivity index (χ0) is 22.1. The van der Waals surface area contributed by atoms with Crippen LogP contribution in [-0.4, -0.2) is 35.4 Å². The number of anilines is 1. The van der Waals surface area contributed by atoms with Crippen molar-refractivity contribution in [3.63, 3.8) is 0 Å². The van der Waals surface area contributed by atoms with Gasteiger partial charge in [0.1, 0.15) is 0 Å². The van der Waals surface area contributed by atoms with Gasteiger partial charge >= 0.3 is 6.03 Å². The van der Waals surface area contributed by atoms with E-state index in [-0.39, 0.29) is 36.4 Å². The normalized spacial score (nSPS) is 10.2. The second kappa shape index (κ2) is 10.6. The molecule has 0 saturated carbocycles. The van der Waals surface area contributed by atoms with E-state index in [0.29, 0.717) is 5.69 Å². The molecule has 158 valence electrons. The van der Waals surface area contributed by atoms with Crippen molar-refractivity contribution in [2.75, 3.05) is 11.9 Å². The van der Waals surface area contributed by atoms with E-state index in [1.165, 1.54) is 18.2 Å². The maximum Gasteiger partial charge on any atom is 0.319 e. The van der Waals surface area contributed by atoms with Crippen LogP contribution < -0.4 is 21.3 Å². The molecule has 0 fully saturated rings. The molecule has 0 saturated heterocycles. The number of rotatable bonds is 8. The minimum absolute atomic E-state index is 0.0250. The molecule has 0 aliphatic heterocycles. The van der Waals surface area contributed by atoms with Gasteiger partial charge < -0.3 is 21.3 Å². The number of non-ortho nitro benzene ring substituents is 1. The highest BCUT2D eigenvalue weighted by Gasteiger charge is 2.12. The first-order valence-electron chi connectivity index (χ1n) is 9.20. The quantitative estimate of drug-likeness (QED) is 0.387. The number of benzene rings is 2. The number of nitrogens with one attached hydrogen (secondary N) is 4. The Morgan fingerprint density at radius 2 is 1.73 bits per heavy atom. The number of hydrogen-bond donors (Lipinski definition) is 4. The number of hydrogen-bond acceptors (Lipinski definition) is 5. The molecule has 4 N–H and O–H groups in total. The lowest BCUT2D eigenvalue weighted by Crippen LogP contribution is -2.36. The monoisotopic (exact) mass is 413 g/mol. The van der Waals surface area contributed by atoms with Crippen molar-refractivity contribution in [3.05, 3.63) is 69.8 Å². The zero-order valence-electron chi connectivity index (χ0n) is 16.6. The first kappa shape index (κ1) is 22.3. The van der Waals surface area contributed by atoms with Gasteiger partial charge in [-0.15, -0.1) is 0 Å². The van der Waals surface area contributed by atoms with E-state index in [1.54, 1.807) is 24.3 Å². The van der Waals surface area contributed by atoms with Gasteiger partial charge in [-0.2, -0.15) is 0 Å². The minimum atomic E-state index is -0.596. The van der Waals surface area contributed by atoms with E-state index in [9.17, 15) is 24.5 Å². The fraction of sp³-hybridized carbons (Fsp3) is 0.250. The van der Waals surface area contributed by atoms with E-state index in [1.807, 2.05) is 13.8 Å². The molecule has 0 aromatic heterocycles. The number of carbonyl (C=O) groups is 3. The summed E-state index contributed by atoms with van der Waals surface area (Å²) in [6, 6.07) is 11.9. The van der Waals surface area contributed by atoms with Gasteiger partial charge in [0.2, 0.25) is 5.91 Å². The Labute approximate surface area is 173 Å². The Morgan fingerprint density at radius 3 is 2.37 bits per heavy atom. The van der Waals surface area contributed by atoms with E-state index in [0.717, 1.165) is 11.6 Å². The van der Waals surface area contributed by atoms with Gasteiger partial charge in [-0.1, -0.05) is 18.2 Å². The van der Waals surface area contributed by atoms with Crippen LogP contribution >= 0.6 is 0 Å². The average molecular weight is 413 g/mol. The van der Waals surface area contributed by atoms with Gasteiger partial charge in [0.25, 0.3) is 11.6 Å². The van der Waals surface area contributed by atoms with Crippen LogP contribution in [0.1, 0.15) is 29.8 Å². The Bertz CT molecular complexity index is 927. The van der Waals surface area contributed by atoms with E-state index in [2.05, 4.69) is 21.3 Å². The highest BCUT2D eigenvalue weighted by atomic mass is 16.6. The van der Waals surface area contributed by atoms with Gasteiger partial charge in [-0.3, -0.25) is 19.7 Å². The molecule has 0 aliphatic carbocycles. The molecule has 10 heteroatoms. The van der Waals surface area contributed by atoms with Crippen molar-refractivity contribution in [1.29, 1.82) is 0 Å². The topological polar surface area (TPSA) is 142 Å². The predicted octanol–water partition coefficient (Wildman–Crippen LogP) is 2.17. The lowest BCUT2D eigenvalue weighted by molar-refractivity contribution is -0.384. The molecule has 0 radical (unpaired) electrons. The number of nitro benzene ring substituents is 1. The number of nitrogens with zero attached hydrogens (tertiary/aromatic N) is 1. The molecule has 4 amide bonds. The van der Waals surface area contributed by atoms with Crippen LogP contribution in [0.15, 0.2) is 48.5 Å². The summed E-state index contributed by atoms with van der Waals surface area (Å²) in [5, 5.41) is 21.3. The molecular formula is C20H23N5O5. The molecule has 0 bridgehead atoms. The van der Waals surface area contributed by atoms with Gasteiger partial charge in [-0.05, 0) is 37.6 Å². The number of carbonyl (C=O) groups excluding carboxylic acids is 3. The minimum Gasteiger partial charge on any atom is -0.350 e. The van der Waals surface area contributed by atoms with Gasteiger partial charge in [0.05, 0.1) is 11.5 Å². The first-order valence-corrected chi connectivity index (χ1v) is 9.20. The molecule has 0 aliphatic rings. The molecular weight excluding hydrogens is 390 g/mol. The van der Waals surface area contributed by atoms with Crippen molar-refractivity contribution in [1.82, 2.24) is 16.0 Å². The Hall–Kier alpha value is -3.95. The second-order valence-electron chi connectivity index (χ2n) is 6.72. The molecule has 2 aromatic carbocycles.